The van der Waals surface area contributed by atoms with E-state index in [1.165, 1.54) is 0 Å². The molecule has 3 N–H and O–H groups in total. The number of aryl methyl sites for hydroxylation is 1. The van der Waals surface area contributed by atoms with Crippen molar-refractivity contribution in [2.75, 3.05) is 5.32 Å². The second-order valence-electron chi connectivity index (χ2n) is 5.82. The monoisotopic (exact) mass is 279 g/mol. The molecule has 1 aromatic heterocycles. The maximum Gasteiger partial charge on any atom is 0.319 e. The standard InChI is InChI=1S/C14H21N3O3/c1-9-6-7-10(8-15-9)16-12(20)17-14(4,5)13(2,3)11(18)19/h6-8H,1-5H3,(H,18,19)(H2,16,17,20). The van der Waals surface area contributed by atoms with E-state index in [0.717, 1.165) is 5.69 Å². The van der Waals surface area contributed by atoms with E-state index in [2.05, 4.69) is 15.6 Å². The second-order valence-corrected chi connectivity index (χ2v) is 5.82. The lowest BCUT2D eigenvalue weighted by Crippen LogP contribution is -2.57. The minimum absolute atomic E-state index is 0.463. The molecule has 110 valence electrons. The molecule has 0 saturated carbocycles. The Labute approximate surface area is 118 Å². The zero-order valence-corrected chi connectivity index (χ0v) is 12.4. The van der Waals surface area contributed by atoms with Crippen LogP contribution >= 0.6 is 0 Å². The molecule has 0 atom stereocenters. The van der Waals surface area contributed by atoms with Crippen LogP contribution in [-0.4, -0.2) is 27.6 Å². The fourth-order valence-electron chi connectivity index (χ4n) is 1.41. The van der Waals surface area contributed by atoms with E-state index in [1.807, 2.05) is 6.92 Å². The van der Waals surface area contributed by atoms with Gasteiger partial charge >= 0.3 is 12.0 Å². The van der Waals surface area contributed by atoms with Crippen LogP contribution in [0.25, 0.3) is 0 Å². The van der Waals surface area contributed by atoms with E-state index in [0.29, 0.717) is 5.69 Å². The normalized spacial score (nSPS) is 11.8. The molecule has 0 unspecified atom stereocenters. The highest BCUT2D eigenvalue weighted by Crippen LogP contribution is 2.30. The van der Waals surface area contributed by atoms with Crippen LogP contribution in [0, 0.1) is 12.3 Å². The summed E-state index contributed by atoms with van der Waals surface area (Å²) in [6.45, 7) is 8.34. The van der Waals surface area contributed by atoms with Crippen LogP contribution in [0.1, 0.15) is 33.4 Å². The number of amides is 2. The molecule has 20 heavy (non-hydrogen) atoms. The molecule has 1 heterocycles. The van der Waals surface area contributed by atoms with Gasteiger partial charge in [0.05, 0.1) is 22.8 Å². The lowest BCUT2D eigenvalue weighted by Gasteiger charge is -2.38. The van der Waals surface area contributed by atoms with Crippen molar-refractivity contribution in [2.24, 2.45) is 5.41 Å². The van der Waals surface area contributed by atoms with Gasteiger partial charge in [0.2, 0.25) is 0 Å². The maximum atomic E-state index is 11.9. The average Bonchev–Trinajstić information content (AvgIpc) is 2.31. The SMILES string of the molecule is Cc1ccc(NC(=O)NC(C)(C)C(C)(C)C(=O)O)cn1. The Hall–Kier alpha value is -2.11. The molecular weight excluding hydrogens is 258 g/mol. The fraction of sp³-hybridized carbons (Fsp3) is 0.500. The molecule has 0 bridgehead atoms. The van der Waals surface area contributed by atoms with Gasteiger partial charge in [-0.15, -0.1) is 0 Å². The van der Waals surface area contributed by atoms with Gasteiger partial charge in [0.15, 0.2) is 0 Å². The molecule has 0 spiro atoms. The Morgan fingerprint density at radius 1 is 1.20 bits per heavy atom. The summed E-state index contributed by atoms with van der Waals surface area (Å²) in [5.74, 6) is -0.972. The molecule has 0 radical (unpaired) electrons. The van der Waals surface area contributed by atoms with Gasteiger partial charge in [-0.25, -0.2) is 4.79 Å². The number of aromatic nitrogens is 1. The Bertz CT molecular complexity index is 507. The molecular formula is C14H21N3O3. The Kier molecular flexibility index (Phi) is 4.37. The smallest absolute Gasteiger partial charge is 0.319 e. The van der Waals surface area contributed by atoms with Crippen molar-refractivity contribution in [1.29, 1.82) is 0 Å². The topological polar surface area (TPSA) is 91.3 Å². The van der Waals surface area contributed by atoms with Gasteiger partial charge in [-0.2, -0.15) is 0 Å². The van der Waals surface area contributed by atoms with Crippen LogP contribution in [0.2, 0.25) is 0 Å². The van der Waals surface area contributed by atoms with E-state index in [9.17, 15) is 14.7 Å². The number of hydrogen-bond donors (Lipinski definition) is 3. The van der Waals surface area contributed by atoms with Crippen molar-refractivity contribution < 1.29 is 14.7 Å². The number of rotatable bonds is 4. The number of anilines is 1. The van der Waals surface area contributed by atoms with E-state index in [-0.39, 0.29) is 0 Å². The van der Waals surface area contributed by atoms with Crippen molar-refractivity contribution in [3.8, 4) is 0 Å². The van der Waals surface area contributed by atoms with Crippen molar-refractivity contribution in [2.45, 2.75) is 40.2 Å². The Balaban J connectivity index is 2.75. The molecule has 0 aliphatic carbocycles. The second kappa shape index (κ2) is 5.48. The first-order chi connectivity index (χ1) is 9.06. The highest BCUT2D eigenvalue weighted by molar-refractivity contribution is 5.90. The quantitative estimate of drug-likeness (QED) is 0.789. The van der Waals surface area contributed by atoms with Gasteiger partial charge in [0.1, 0.15) is 0 Å². The Morgan fingerprint density at radius 3 is 2.25 bits per heavy atom. The van der Waals surface area contributed by atoms with Gasteiger partial charge < -0.3 is 15.7 Å². The van der Waals surface area contributed by atoms with Crippen LogP contribution in [-0.2, 0) is 4.79 Å². The van der Waals surface area contributed by atoms with Crippen molar-refractivity contribution >= 4 is 17.7 Å². The molecule has 0 aliphatic rings. The van der Waals surface area contributed by atoms with Gasteiger partial charge in [0, 0.05) is 5.69 Å². The predicted octanol–water partition coefficient (Wildman–Crippen LogP) is 2.40. The minimum Gasteiger partial charge on any atom is -0.481 e. The molecule has 6 nitrogen and oxygen atoms in total. The van der Waals surface area contributed by atoms with Crippen LogP contribution in [0.15, 0.2) is 18.3 Å². The molecule has 2 amide bonds. The summed E-state index contributed by atoms with van der Waals surface area (Å²) in [6.07, 6.45) is 1.55. The number of aliphatic carboxylic acids is 1. The molecule has 1 rings (SSSR count). The molecule has 0 aliphatic heterocycles. The first-order valence-electron chi connectivity index (χ1n) is 6.31. The highest BCUT2D eigenvalue weighted by atomic mass is 16.4. The number of nitrogens with one attached hydrogen (secondary N) is 2. The average molecular weight is 279 g/mol. The van der Waals surface area contributed by atoms with Gasteiger partial charge in [-0.1, -0.05) is 0 Å². The number of urea groups is 1. The third-order valence-electron chi connectivity index (χ3n) is 3.69. The first kappa shape index (κ1) is 15.9. The molecule has 0 fully saturated rings. The van der Waals surface area contributed by atoms with Crippen LogP contribution < -0.4 is 10.6 Å². The van der Waals surface area contributed by atoms with E-state index in [4.69, 9.17) is 0 Å². The minimum atomic E-state index is -1.10. The summed E-state index contributed by atoms with van der Waals surface area (Å²) in [5, 5.41) is 14.5. The summed E-state index contributed by atoms with van der Waals surface area (Å²) < 4.78 is 0. The summed E-state index contributed by atoms with van der Waals surface area (Å²) in [6, 6.07) is 3.05. The number of hydrogen-bond acceptors (Lipinski definition) is 3. The summed E-state index contributed by atoms with van der Waals surface area (Å²) in [4.78, 5) is 27.3. The number of carbonyl (C=O) groups excluding carboxylic acids is 1. The van der Waals surface area contributed by atoms with Crippen LogP contribution in [0.3, 0.4) is 0 Å². The summed E-state index contributed by atoms with van der Waals surface area (Å²) in [5.41, 5.74) is -0.614. The van der Waals surface area contributed by atoms with Gasteiger partial charge in [0.25, 0.3) is 0 Å². The largest absolute Gasteiger partial charge is 0.481 e. The van der Waals surface area contributed by atoms with Crippen molar-refractivity contribution in [1.82, 2.24) is 10.3 Å². The summed E-state index contributed by atoms with van der Waals surface area (Å²) in [7, 11) is 0. The number of nitrogens with zero attached hydrogens (tertiary/aromatic N) is 1. The van der Waals surface area contributed by atoms with Gasteiger partial charge in [-0.05, 0) is 46.8 Å². The maximum absolute atomic E-state index is 11.9. The summed E-state index contributed by atoms with van der Waals surface area (Å²) >= 11 is 0. The first-order valence-corrected chi connectivity index (χ1v) is 6.31. The van der Waals surface area contributed by atoms with Crippen molar-refractivity contribution in [3.63, 3.8) is 0 Å². The predicted molar refractivity (Wildman–Crippen MR) is 76.6 cm³/mol. The number of carbonyl (C=O) groups is 2. The fourth-order valence-corrected chi connectivity index (χ4v) is 1.41. The molecule has 6 heteroatoms. The third kappa shape index (κ3) is 3.46. The molecule has 0 aromatic carbocycles. The lowest BCUT2D eigenvalue weighted by atomic mass is 9.74. The Morgan fingerprint density at radius 2 is 1.80 bits per heavy atom. The lowest BCUT2D eigenvalue weighted by molar-refractivity contribution is -0.150. The van der Waals surface area contributed by atoms with Gasteiger partial charge in [-0.3, -0.25) is 9.78 Å². The van der Waals surface area contributed by atoms with Crippen LogP contribution in [0.4, 0.5) is 10.5 Å². The highest BCUT2D eigenvalue weighted by Gasteiger charge is 2.44. The molecule has 0 saturated heterocycles. The molecule has 1 aromatic rings. The third-order valence-corrected chi connectivity index (χ3v) is 3.69. The number of carboxylic acids is 1. The van der Waals surface area contributed by atoms with E-state index >= 15 is 0 Å². The number of carboxylic acid groups (broad SMARTS) is 1. The van der Waals surface area contributed by atoms with E-state index < -0.39 is 23.0 Å². The van der Waals surface area contributed by atoms with E-state index in [1.54, 1.807) is 46.0 Å². The number of pyridine rings is 1. The zero-order valence-electron chi connectivity index (χ0n) is 12.4. The van der Waals surface area contributed by atoms with Crippen molar-refractivity contribution in [3.05, 3.63) is 24.0 Å². The van der Waals surface area contributed by atoms with Crippen LogP contribution in [0.5, 0.6) is 0 Å². The zero-order chi connectivity index (χ0) is 15.6.